The Morgan fingerprint density at radius 1 is 0.618 bits per heavy atom. The molecule has 0 spiro atoms. The summed E-state index contributed by atoms with van der Waals surface area (Å²) in [6.45, 7) is 3.31. The Balaban J connectivity index is 2.48. The van der Waals surface area contributed by atoms with Crippen LogP contribution in [0.25, 0.3) is 0 Å². The van der Waals surface area contributed by atoms with Crippen molar-refractivity contribution >= 4 is 5.91 Å². The topological polar surface area (TPSA) is 189 Å². The molecule has 1 aliphatic rings. The maximum absolute atomic E-state index is 13.0. The number of carbonyl (C=O) groups is 1. The molecule has 0 saturated carbocycles. The smallest absolute Gasteiger partial charge is 0.249 e. The minimum absolute atomic E-state index is 0.243. The normalized spacial score (nSPS) is 22.8. The van der Waals surface area contributed by atoms with Crippen LogP contribution in [-0.2, 0) is 14.3 Å². The molecule has 11 heteroatoms. The molecule has 55 heavy (non-hydrogen) atoms. The maximum Gasteiger partial charge on any atom is 0.249 e. The molecule has 1 rings (SSSR count). The van der Waals surface area contributed by atoms with Gasteiger partial charge in [-0.2, -0.15) is 0 Å². The van der Waals surface area contributed by atoms with E-state index in [4.69, 9.17) is 9.47 Å². The van der Waals surface area contributed by atoms with E-state index in [1.54, 1.807) is 0 Å². The number of hydrogen-bond acceptors (Lipinski definition) is 10. The van der Waals surface area contributed by atoms with Gasteiger partial charge in [-0.15, -0.1) is 0 Å². The number of carbonyl (C=O) groups excluding carboxylic acids is 1. The van der Waals surface area contributed by atoms with Gasteiger partial charge in [-0.1, -0.05) is 134 Å². The number of aliphatic hydroxyl groups is 7. The van der Waals surface area contributed by atoms with E-state index >= 15 is 0 Å². The largest absolute Gasteiger partial charge is 0.394 e. The number of ether oxygens (including phenoxy) is 2. The molecule has 0 aromatic rings. The van der Waals surface area contributed by atoms with Crippen LogP contribution in [-0.4, -0.2) is 110 Å². The Labute approximate surface area is 333 Å². The van der Waals surface area contributed by atoms with Gasteiger partial charge in [0.05, 0.1) is 25.4 Å². The Morgan fingerprint density at radius 2 is 1.13 bits per heavy atom. The van der Waals surface area contributed by atoms with Gasteiger partial charge in [0.2, 0.25) is 5.91 Å². The van der Waals surface area contributed by atoms with Crippen LogP contribution in [0.1, 0.15) is 168 Å². The standard InChI is InChI=1S/C44H81NO10/c1-3-5-7-9-11-13-15-16-17-18-19-20-21-22-24-26-28-30-32-37(48)43(53)45-35(34-54-44-42(52)41(51)40(50)38(33-46)55-44)39(49)36(47)31-29-27-25-23-14-12-10-8-6-4-2/h8,10,18-19,23,25,35-42,44,46-52H,3-7,9,11-17,20-22,24,26-34H2,1-2H3,(H,45,53)/b10-8+,19-18-,25-23+. The van der Waals surface area contributed by atoms with Crippen LogP contribution in [0.15, 0.2) is 36.5 Å². The molecule has 0 aromatic heterocycles. The van der Waals surface area contributed by atoms with Gasteiger partial charge in [0.1, 0.15) is 36.6 Å². The molecule has 1 amide bonds. The third kappa shape index (κ3) is 24.7. The molecule has 0 radical (unpaired) electrons. The second kappa shape index (κ2) is 34.4. The van der Waals surface area contributed by atoms with Gasteiger partial charge in [0, 0.05) is 0 Å². The Kier molecular flexibility index (Phi) is 32.1. The van der Waals surface area contributed by atoms with Crippen LogP contribution < -0.4 is 5.32 Å². The minimum atomic E-state index is -1.67. The van der Waals surface area contributed by atoms with E-state index in [0.29, 0.717) is 19.3 Å². The van der Waals surface area contributed by atoms with Crippen molar-refractivity contribution < 1.29 is 50.0 Å². The van der Waals surface area contributed by atoms with Gasteiger partial charge in [-0.05, 0) is 70.6 Å². The zero-order valence-corrected chi connectivity index (χ0v) is 34.4. The predicted octanol–water partition coefficient (Wildman–Crippen LogP) is 6.44. The molecule has 9 unspecified atom stereocenters. The molecule has 1 saturated heterocycles. The SMILES string of the molecule is CCC/C=C/CC/C=C/CCCC(O)C(O)C(COC1OC(CO)C(O)C(O)C1O)NC(=O)C(O)CCCCCCCC/C=C\CCCCCCCCCC. The van der Waals surface area contributed by atoms with Crippen molar-refractivity contribution in [2.75, 3.05) is 13.2 Å². The van der Waals surface area contributed by atoms with Crippen molar-refractivity contribution in [3.05, 3.63) is 36.5 Å². The molecule has 322 valence electrons. The molecule has 11 nitrogen and oxygen atoms in total. The van der Waals surface area contributed by atoms with Crippen LogP contribution in [0.3, 0.4) is 0 Å². The molecular weight excluding hydrogens is 702 g/mol. The zero-order valence-electron chi connectivity index (χ0n) is 34.4. The first-order valence-corrected chi connectivity index (χ1v) is 21.9. The summed E-state index contributed by atoms with van der Waals surface area (Å²) in [5.74, 6) is -0.719. The number of hydrogen-bond donors (Lipinski definition) is 8. The molecule has 0 bridgehead atoms. The van der Waals surface area contributed by atoms with Gasteiger partial charge < -0.3 is 50.5 Å². The van der Waals surface area contributed by atoms with E-state index in [9.17, 15) is 40.5 Å². The molecule has 1 heterocycles. The number of rotatable bonds is 35. The number of aliphatic hydroxyl groups excluding tert-OH is 7. The monoisotopic (exact) mass is 784 g/mol. The summed E-state index contributed by atoms with van der Waals surface area (Å²) in [5.41, 5.74) is 0. The summed E-state index contributed by atoms with van der Waals surface area (Å²) in [6, 6.07) is -1.19. The van der Waals surface area contributed by atoms with Gasteiger partial charge in [-0.3, -0.25) is 4.79 Å². The van der Waals surface area contributed by atoms with E-state index in [1.165, 1.54) is 57.8 Å². The molecule has 1 fully saturated rings. The molecule has 8 N–H and O–H groups in total. The first-order chi connectivity index (χ1) is 26.7. The number of allylic oxidation sites excluding steroid dienone is 6. The predicted molar refractivity (Wildman–Crippen MR) is 219 cm³/mol. The van der Waals surface area contributed by atoms with Crippen LogP contribution in [0, 0.1) is 0 Å². The lowest BCUT2D eigenvalue weighted by Gasteiger charge is -2.40. The van der Waals surface area contributed by atoms with Crippen molar-refractivity contribution in [3.63, 3.8) is 0 Å². The summed E-state index contributed by atoms with van der Waals surface area (Å²) < 4.78 is 11.0. The quantitative estimate of drug-likeness (QED) is 0.0262. The third-order valence-electron chi connectivity index (χ3n) is 10.4. The fourth-order valence-electron chi connectivity index (χ4n) is 6.69. The lowest BCUT2D eigenvalue weighted by atomic mass is 9.98. The lowest BCUT2D eigenvalue weighted by molar-refractivity contribution is -0.303. The van der Waals surface area contributed by atoms with E-state index in [-0.39, 0.29) is 12.8 Å². The highest BCUT2D eigenvalue weighted by Crippen LogP contribution is 2.23. The Morgan fingerprint density at radius 3 is 1.69 bits per heavy atom. The van der Waals surface area contributed by atoms with Crippen LogP contribution in [0.2, 0.25) is 0 Å². The number of unbranched alkanes of at least 4 members (excludes halogenated alkanes) is 17. The second-order valence-electron chi connectivity index (χ2n) is 15.4. The highest BCUT2D eigenvalue weighted by atomic mass is 16.7. The second-order valence-corrected chi connectivity index (χ2v) is 15.4. The summed E-state index contributed by atoms with van der Waals surface area (Å²) in [7, 11) is 0. The first kappa shape index (κ1) is 51.3. The average molecular weight is 784 g/mol. The highest BCUT2D eigenvalue weighted by molar-refractivity contribution is 5.80. The maximum atomic E-state index is 13.0. The van der Waals surface area contributed by atoms with Gasteiger partial charge >= 0.3 is 0 Å². The van der Waals surface area contributed by atoms with Crippen molar-refractivity contribution in [3.8, 4) is 0 Å². The minimum Gasteiger partial charge on any atom is -0.394 e. The summed E-state index contributed by atoms with van der Waals surface area (Å²) in [4.78, 5) is 13.0. The Hall–Kier alpha value is -1.67. The highest BCUT2D eigenvalue weighted by Gasteiger charge is 2.44. The summed E-state index contributed by atoms with van der Waals surface area (Å²) in [6.07, 6.45) is 26.4. The fraction of sp³-hybridized carbons (Fsp3) is 0.841. The van der Waals surface area contributed by atoms with Crippen molar-refractivity contribution in [2.24, 2.45) is 0 Å². The molecular formula is C44H81NO10. The molecule has 9 atom stereocenters. The first-order valence-electron chi connectivity index (χ1n) is 21.9. The summed E-state index contributed by atoms with van der Waals surface area (Å²) >= 11 is 0. The molecule has 0 aromatic carbocycles. The third-order valence-corrected chi connectivity index (χ3v) is 10.4. The van der Waals surface area contributed by atoms with E-state index < -0.39 is 74.2 Å². The van der Waals surface area contributed by atoms with Crippen LogP contribution in [0.4, 0.5) is 0 Å². The van der Waals surface area contributed by atoms with Crippen molar-refractivity contribution in [1.29, 1.82) is 0 Å². The van der Waals surface area contributed by atoms with E-state index in [2.05, 4.69) is 49.5 Å². The average Bonchev–Trinajstić information content (AvgIpc) is 3.18. The van der Waals surface area contributed by atoms with Crippen LogP contribution >= 0.6 is 0 Å². The lowest BCUT2D eigenvalue weighted by Crippen LogP contribution is -2.60. The van der Waals surface area contributed by atoms with Gasteiger partial charge in [0.25, 0.3) is 0 Å². The number of nitrogens with one attached hydrogen (secondary N) is 1. The van der Waals surface area contributed by atoms with E-state index in [0.717, 1.165) is 64.2 Å². The van der Waals surface area contributed by atoms with E-state index in [1.807, 2.05) is 6.08 Å². The summed E-state index contributed by atoms with van der Waals surface area (Å²) in [5, 5.41) is 75.3. The van der Waals surface area contributed by atoms with Gasteiger partial charge in [-0.25, -0.2) is 0 Å². The zero-order chi connectivity index (χ0) is 40.5. The molecule has 1 aliphatic heterocycles. The Bertz CT molecular complexity index is 992. The number of amides is 1. The van der Waals surface area contributed by atoms with Crippen molar-refractivity contribution in [1.82, 2.24) is 5.32 Å². The fourth-order valence-corrected chi connectivity index (χ4v) is 6.69. The van der Waals surface area contributed by atoms with Crippen molar-refractivity contribution in [2.45, 2.75) is 223 Å². The van der Waals surface area contributed by atoms with Gasteiger partial charge in [0.15, 0.2) is 6.29 Å². The van der Waals surface area contributed by atoms with Crippen LogP contribution in [0.5, 0.6) is 0 Å². The molecule has 0 aliphatic carbocycles.